The van der Waals surface area contributed by atoms with Crippen LogP contribution in [-0.4, -0.2) is 35.6 Å². The van der Waals surface area contributed by atoms with E-state index in [9.17, 15) is 14.4 Å². The van der Waals surface area contributed by atoms with Crippen molar-refractivity contribution in [3.8, 4) is 0 Å². The summed E-state index contributed by atoms with van der Waals surface area (Å²) in [6.07, 6.45) is 50.1. The monoisotopic (exact) mass is 666 g/mol. The molecule has 270 valence electrons. The molecule has 0 radical (unpaired) electrons. The first-order valence-corrected chi connectivity index (χ1v) is 18.7. The Bertz CT molecular complexity index is 1000. The number of unbranched alkanes of at least 4 members (excludes halogenated alkanes) is 7. The van der Waals surface area contributed by atoms with Crippen molar-refractivity contribution in [1.29, 1.82) is 0 Å². The number of carbonyl (C=O) groups is 3. The summed E-state index contributed by atoms with van der Waals surface area (Å²) in [6, 6.07) is 0. The van der Waals surface area contributed by atoms with Crippen LogP contribution in [0.25, 0.3) is 0 Å². The lowest BCUT2D eigenvalue weighted by Crippen LogP contribution is -2.28. The standard InChI is InChI=1S/C42H67NO5/c1-3-5-7-9-10-11-12-13-14-15-16-17-18-19-20-21-22-23-24-25-26-27-33-37-42(47)48-39(34-30-8-6-4-2)35-31-28-29-32-36-40(44)43-38-41(45)46/h5,7,10-11,13-14,16-17,19-20,22-23,25-26,39H,3-4,6,8-9,12,15,18,21,24,27-38H2,1-2H3,(H,43,44)(H,45,46)/b7-5-,11-10-,14-13-,17-16-,20-19-,23-22-,26-25-. The summed E-state index contributed by atoms with van der Waals surface area (Å²) in [5.74, 6) is -1.35. The van der Waals surface area contributed by atoms with Crippen molar-refractivity contribution in [3.63, 3.8) is 0 Å². The van der Waals surface area contributed by atoms with Crippen LogP contribution in [0.2, 0.25) is 0 Å². The molecule has 2 N–H and O–H groups in total. The predicted octanol–water partition coefficient (Wildman–Crippen LogP) is 11.2. The molecular formula is C42H67NO5. The zero-order chi connectivity index (χ0) is 35.2. The van der Waals surface area contributed by atoms with Crippen LogP contribution in [-0.2, 0) is 19.1 Å². The molecule has 0 saturated carbocycles. The van der Waals surface area contributed by atoms with E-state index in [1.54, 1.807) is 0 Å². The van der Waals surface area contributed by atoms with E-state index in [0.717, 1.165) is 109 Å². The van der Waals surface area contributed by atoms with Crippen LogP contribution in [0.4, 0.5) is 0 Å². The molecule has 1 unspecified atom stereocenters. The maximum absolute atomic E-state index is 12.5. The van der Waals surface area contributed by atoms with E-state index in [-0.39, 0.29) is 24.5 Å². The number of esters is 1. The third-order valence-electron chi connectivity index (χ3n) is 7.58. The van der Waals surface area contributed by atoms with Crippen molar-refractivity contribution in [2.24, 2.45) is 0 Å². The molecule has 0 aliphatic rings. The molecule has 0 aromatic rings. The summed E-state index contributed by atoms with van der Waals surface area (Å²) < 4.78 is 5.87. The Kier molecular flexibility index (Phi) is 33.8. The lowest BCUT2D eigenvalue weighted by molar-refractivity contribution is -0.150. The van der Waals surface area contributed by atoms with E-state index in [4.69, 9.17) is 9.84 Å². The number of carboxylic acids is 1. The van der Waals surface area contributed by atoms with Gasteiger partial charge >= 0.3 is 11.9 Å². The lowest BCUT2D eigenvalue weighted by Gasteiger charge is -2.18. The van der Waals surface area contributed by atoms with Crippen LogP contribution in [0.3, 0.4) is 0 Å². The second kappa shape index (κ2) is 36.4. The minimum Gasteiger partial charge on any atom is -0.480 e. The van der Waals surface area contributed by atoms with Gasteiger partial charge in [-0.15, -0.1) is 0 Å². The van der Waals surface area contributed by atoms with Crippen LogP contribution in [0, 0.1) is 0 Å². The number of aliphatic carboxylic acids is 1. The molecule has 0 aromatic carbocycles. The minimum absolute atomic E-state index is 0.0307. The number of nitrogens with one attached hydrogen (secondary N) is 1. The normalized spacial score (nSPS) is 13.0. The average Bonchev–Trinajstić information content (AvgIpc) is 3.07. The Morgan fingerprint density at radius 3 is 1.50 bits per heavy atom. The number of ether oxygens (including phenoxy) is 1. The molecule has 0 spiro atoms. The Balaban J connectivity index is 4.02. The summed E-state index contributed by atoms with van der Waals surface area (Å²) in [5, 5.41) is 11.0. The molecule has 0 heterocycles. The quantitative estimate of drug-likeness (QED) is 0.0424. The van der Waals surface area contributed by atoms with E-state index in [1.165, 1.54) is 12.8 Å². The van der Waals surface area contributed by atoms with Gasteiger partial charge in [0.15, 0.2) is 0 Å². The van der Waals surface area contributed by atoms with Gasteiger partial charge in [0.1, 0.15) is 12.6 Å². The highest BCUT2D eigenvalue weighted by molar-refractivity contribution is 5.80. The predicted molar refractivity (Wildman–Crippen MR) is 203 cm³/mol. The van der Waals surface area contributed by atoms with Gasteiger partial charge in [-0.1, -0.05) is 131 Å². The SMILES string of the molecule is CC/C=C\C/C=C\C/C=C\C/C=C\C/C=C\C/C=C\C/C=C\CCCC(=O)OC(CCCCCC)CCCCCCC(=O)NCC(=O)O. The first-order chi connectivity index (χ1) is 23.5. The molecule has 0 aromatic heterocycles. The maximum atomic E-state index is 12.5. The third kappa shape index (κ3) is 35.4. The van der Waals surface area contributed by atoms with Crippen molar-refractivity contribution in [3.05, 3.63) is 85.1 Å². The molecule has 0 aliphatic carbocycles. The van der Waals surface area contributed by atoms with Gasteiger partial charge in [-0.3, -0.25) is 14.4 Å². The summed E-state index contributed by atoms with van der Waals surface area (Å²) in [5.41, 5.74) is 0. The summed E-state index contributed by atoms with van der Waals surface area (Å²) in [7, 11) is 0. The number of amides is 1. The largest absolute Gasteiger partial charge is 0.480 e. The van der Waals surface area contributed by atoms with Gasteiger partial charge in [-0.05, 0) is 89.9 Å². The van der Waals surface area contributed by atoms with Gasteiger partial charge < -0.3 is 15.2 Å². The number of carboxylic acid groups (broad SMARTS) is 1. The molecule has 1 atom stereocenters. The summed E-state index contributed by atoms with van der Waals surface area (Å²) >= 11 is 0. The molecule has 6 nitrogen and oxygen atoms in total. The van der Waals surface area contributed by atoms with Crippen LogP contribution < -0.4 is 5.32 Å². The minimum atomic E-state index is -1.03. The zero-order valence-electron chi connectivity index (χ0n) is 30.3. The van der Waals surface area contributed by atoms with Crippen molar-refractivity contribution < 1.29 is 24.2 Å². The van der Waals surface area contributed by atoms with Crippen molar-refractivity contribution in [2.45, 2.75) is 155 Å². The molecule has 0 rings (SSSR count). The average molecular weight is 666 g/mol. The second-order valence-electron chi connectivity index (χ2n) is 12.1. The number of hydrogen-bond donors (Lipinski definition) is 2. The first kappa shape index (κ1) is 44.6. The Hall–Kier alpha value is -3.41. The van der Waals surface area contributed by atoms with Gasteiger partial charge in [-0.25, -0.2) is 0 Å². The molecule has 0 fully saturated rings. The molecular weight excluding hydrogens is 598 g/mol. The van der Waals surface area contributed by atoms with Gasteiger partial charge in [0.05, 0.1) is 0 Å². The topological polar surface area (TPSA) is 92.7 Å². The van der Waals surface area contributed by atoms with E-state index in [2.05, 4.69) is 104 Å². The maximum Gasteiger partial charge on any atom is 0.322 e. The Morgan fingerprint density at radius 1 is 0.562 bits per heavy atom. The molecule has 48 heavy (non-hydrogen) atoms. The highest BCUT2D eigenvalue weighted by Gasteiger charge is 2.14. The highest BCUT2D eigenvalue weighted by atomic mass is 16.5. The summed E-state index contributed by atoms with van der Waals surface area (Å²) in [6.45, 7) is 4.02. The van der Waals surface area contributed by atoms with E-state index < -0.39 is 5.97 Å². The van der Waals surface area contributed by atoms with Gasteiger partial charge in [0.2, 0.25) is 5.91 Å². The van der Waals surface area contributed by atoms with Gasteiger partial charge in [-0.2, -0.15) is 0 Å². The number of allylic oxidation sites excluding steroid dienone is 14. The number of hydrogen-bond acceptors (Lipinski definition) is 4. The van der Waals surface area contributed by atoms with Crippen molar-refractivity contribution in [2.75, 3.05) is 6.54 Å². The van der Waals surface area contributed by atoms with Gasteiger partial charge in [0, 0.05) is 12.8 Å². The van der Waals surface area contributed by atoms with Crippen LogP contribution in [0.15, 0.2) is 85.1 Å². The van der Waals surface area contributed by atoms with Crippen LogP contribution in [0.1, 0.15) is 149 Å². The van der Waals surface area contributed by atoms with E-state index in [0.29, 0.717) is 12.8 Å². The zero-order valence-corrected chi connectivity index (χ0v) is 30.3. The third-order valence-corrected chi connectivity index (χ3v) is 7.58. The van der Waals surface area contributed by atoms with Gasteiger partial charge in [0.25, 0.3) is 0 Å². The number of carbonyl (C=O) groups excluding carboxylic acids is 2. The molecule has 0 aliphatic heterocycles. The van der Waals surface area contributed by atoms with Crippen LogP contribution >= 0.6 is 0 Å². The Labute approximate surface area is 293 Å². The van der Waals surface area contributed by atoms with E-state index in [1.807, 2.05) is 0 Å². The molecule has 6 heteroatoms. The summed E-state index contributed by atoms with van der Waals surface area (Å²) in [4.78, 5) is 34.7. The number of rotatable bonds is 32. The van der Waals surface area contributed by atoms with E-state index >= 15 is 0 Å². The highest BCUT2D eigenvalue weighted by Crippen LogP contribution is 2.17. The lowest BCUT2D eigenvalue weighted by atomic mass is 10.0. The molecule has 0 saturated heterocycles. The van der Waals surface area contributed by atoms with Crippen molar-refractivity contribution >= 4 is 17.8 Å². The van der Waals surface area contributed by atoms with Crippen LogP contribution in [0.5, 0.6) is 0 Å². The fourth-order valence-corrected chi connectivity index (χ4v) is 4.85. The second-order valence-corrected chi connectivity index (χ2v) is 12.1. The Morgan fingerprint density at radius 2 is 1.02 bits per heavy atom. The van der Waals surface area contributed by atoms with Crippen molar-refractivity contribution in [1.82, 2.24) is 5.32 Å². The fourth-order valence-electron chi connectivity index (χ4n) is 4.85. The molecule has 0 bridgehead atoms. The first-order valence-electron chi connectivity index (χ1n) is 18.7. The molecule has 1 amide bonds. The smallest absolute Gasteiger partial charge is 0.322 e. The fraction of sp³-hybridized carbons (Fsp3) is 0.595.